The van der Waals surface area contributed by atoms with Gasteiger partial charge in [-0.1, -0.05) is 11.6 Å². The molecule has 0 spiro atoms. The molecule has 5 nitrogen and oxygen atoms in total. The molecule has 126 valence electrons. The Labute approximate surface area is 142 Å². The van der Waals surface area contributed by atoms with Crippen LogP contribution in [0.3, 0.4) is 0 Å². The van der Waals surface area contributed by atoms with E-state index < -0.39 is 0 Å². The molecule has 1 heterocycles. The van der Waals surface area contributed by atoms with Crippen LogP contribution in [0.15, 0.2) is 24.3 Å². The molecule has 1 aromatic carbocycles. The van der Waals surface area contributed by atoms with Crippen molar-refractivity contribution in [2.45, 2.75) is 25.7 Å². The second-order valence-corrected chi connectivity index (χ2v) is 6.32. The van der Waals surface area contributed by atoms with Crippen LogP contribution in [-0.4, -0.2) is 42.9 Å². The molecule has 1 fully saturated rings. The molecule has 0 aromatic heterocycles. The molecule has 1 aliphatic rings. The Kier molecular flexibility index (Phi) is 6.86. The molecule has 2 rings (SSSR count). The van der Waals surface area contributed by atoms with Gasteiger partial charge in [-0.25, -0.2) is 0 Å². The monoisotopic (exact) mass is 337 g/mol. The number of nitrogens with one attached hydrogen (secondary N) is 1. The van der Waals surface area contributed by atoms with Gasteiger partial charge in [0.2, 0.25) is 5.91 Å². The van der Waals surface area contributed by atoms with E-state index in [1.54, 1.807) is 29.2 Å². The number of piperidine rings is 1. The van der Waals surface area contributed by atoms with Crippen LogP contribution in [-0.2, 0) is 4.79 Å². The topological polar surface area (TPSA) is 75.4 Å². The summed E-state index contributed by atoms with van der Waals surface area (Å²) >= 11 is 5.85. The van der Waals surface area contributed by atoms with Gasteiger partial charge in [0.1, 0.15) is 0 Å². The van der Waals surface area contributed by atoms with Crippen LogP contribution < -0.4 is 11.1 Å². The quantitative estimate of drug-likeness (QED) is 0.780. The van der Waals surface area contributed by atoms with Gasteiger partial charge in [-0.3, -0.25) is 9.59 Å². The van der Waals surface area contributed by atoms with E-state index >= 15 is 0 Å². The number of carbonyl (C=O) groups is 2. The van der Waals surface area contributed by atoms with Crippen LogP contribution in [0.25, 0.3) is 0 Å². The average molecular weight is 338 g/mol. The molecule has 6 heteroatoms. The number of likely N-dealkylation sites (tertiary alicyclic amines) is 1. The fourth-order valence-corrected chi connectivity index (χ4v) is 2.90. The summed E-state index contributed by atoms with van der Waals surface area (Å²) in [6.07, 6.45) is 3.47. The van der Waals surface area contributed by atoms with Crippen molar-refractivity contribution in [1.82, 2.24) is 10.2 Å². The van der Waals surface area contributed by atoms with E-state index in [0.29, 0.717) is 36.8 Å². The lowest BCUT2D eigenvalue weighted by molar-refractivity contribution is -0.126. The fraction of sp³-hybridized carbons (Fsp3) is 0.529. The average Bonchev–Trinajstić information content (AvgIpc) is 2.59. The molecule has 1 aliphatic heterocycles. The Bertz CT molecular complexity index is 533. The van der Waals surface area contributed by atoms with Crippen LogP contribution in [0, 0.1) is 5.92 Å². The molecule has 1 atom stereocenters. The summed E-state index contributed by atoms with van der Waals surface area (Å²) in [5.41, 5.74) is 6.05. The molecule has 1 aromatic rings. The number of halogens is 1. The molecule has 23 heavy (non-hydrogen) atoms. The van der Waals surface area contributed by atoms with Crippen molar-refractivity contribution in [2.75, 3.05) is 26.2 Å². The molecule has 0 aliphatic carbocycles. The van der Waals surface area contributed by atoms with Crippen molar-refractivity contribution in [2.24, 2.45) is 11.7 Å². The smallest absolute Gasteiger partial charge is 0.253 e. The summed E-state index contributed by atoms with van der Waals surface area (Å²) in [6.45, 7) is 2.46. The molecule has 3 N–H and O–H groups in total. The minimum atomic E-state index is -0.127. The highest BCUT2D eigenvalue weighted by atomic mass is 35.5. The Hall–Kier alpha value is -1.59. The predicted octanol–water partition coefficient (Wildman–Crippen LogP) is 2.05. The number of carbonyl (C=O) groups excluding carboxylic acids is 2. The third-order valence-electron chi connectivity index (χ3n) is 4.10. The molecule has 1 saturated heterocycles. The van der Waals surface area contributed by atoms with Gasteiger partial charge in [-0.05, 0) is 56.5 Å². The maximum atomic E-state index is 12.5. The van der Waals surface area contributed by atoms with Gasteiger partial charge in [-0.15, -0.1) is 0 Å². The summed E-state index contributed by atoms with van der Waals surface area (Å²) in [6, 6.07) is 6.86. The largest absolute Gasteiger partial charge is 0.356 e. The Balaban J connectivity index is 1.88. The number of unbranched alkanes of at least 4 members (excludes halogenated alkanes) is 1. The number of rotatable bonds is 6. The molecule has 0 radical (unpaired) electrons. The summed E-state index contributed by atoms with van der Waals surface area (Å²) < 4.78 is 0. The minimum absolute atomic E-state index is 0.0376. The lowest BCUT2D eigenvalue weighted by Crippen LogP contribution is -2.45. The third kappa shape index (κ3) is 5.22. The number of benzene rings is 1. The van der Waals surface area contributed by atoms with Crippen LogP contribution in [0.2, 0.25) is 5.02 Å². The van der Waals surface area contributed by atoms with Gasteiger partial charge in [0.25, 0.3) is 5.91 Å². The normalized spacial score (nSPS) is 17.8. The Morgan fingerprint density at radius 1 is 1.26 bits per heavy atom. The highest BCUT2D eigenvalue weighted by Gasteiger charge is 2.28. The lowest BCUT2D eigenvalue weighted by Gasteiger charge is -2.32. The number of hydrogen-bond donors (Lipinski definition) is 2. The van der Waals surface area contributed by atoms with Gasteiger partial charge >= 0.3 is 0 Å². The van der Waals surface area contributed by atoms with E-state index in [2.05, 4.69) is 5.32 Å². The zero-order valence-electron chi connectivity index (χ0n) is 13.3. The molecule has 2 amide bonds. The van der Waals surface area contributed by atoms with Crippen LogP contribution in [0.1, 0.15) is 36.0 Å². The fourth-order valence-electron chi connectivity index (χ4n) is 2.78. The first kappa shape index (κ1) is 17.8. The van der Waals surface area contributed by atoms with E-state index in [4.69, 9.17) is 17.3 Å². The van der Waals surface area contributed by atoms with Crippen LogP contribution in [0.4, 0.5) is 0 Å². The van der Waals surface area contributed by atoms with Crippen molar-refractivity contribution >= 4 is 23.4 Å². The number of nitrogens with two attached hydrogens (primary N) is 1. The maximum absolute atomic E-state index is 12.5. The lowest BCUT2D eigenvalue weighted by atomic mass is 9.96. The van der Waals surface area contributed by atoms with E-state index in [1.807, 2.05) is 0 Å². The second kappa shape index (κ2) is 8.89. The van der Waals surface area contributed by atoms with Crippen molar-refractivity contribution in [3.8, 4) is 0 Å². The number of hydrogen-bond acceptors (Lipinski definition) is 3. The highest BCUT2D eigenvalue weighted by Crippen LogP contribution is 2.19. The third-order valence-corrected chi connectivity index (χ3v) is 4.35. The highest BCUT2D eigenvalue weighted by molar-refractivity contribution is 6.30. The van der Waals surface area contributed by atoms with Gasteiger partial charge in [0.15, 0.2) is 0 Å². The summed E-state index contributed by atoms with van der Waals surface area (Å²) in [5.74, 6) is -0.129. The first-order valence-electron chi connectivity index (χ1n) is 8.14. The van der Waals surface area contributed by atoms with Crippen LogP contribution >= 0.6 is 11.6 Å². The molecule has 0 saturated carbocycles. The zero-order valence-corrected chi connectivity index (χ0v) is 14.0. The number of amides is 2. The molecular formula is C17H24ClN3O2. The maximum Gasteiger partial charge on any atom is 0.253 e. The number of nitrogens with zero attached hydrogens (tertiary/aromatic N) is 1. The summed E-state index contributed by atoms with van der Waals surface area (Å²) in [4.78, 5) is 26.5. The van der Waals surface area contributed by atoms with E-state index in [1.165, 1.54) is 0 Å². The second-order valence-electron chi connectivity index (χ2n) is 5.88. The molecule has 1 unspecified atom stereocenters. The summed E-state index contributed by atoms with van der Waals surface area (Å²) in [7, 11) is 0. The van der Waals surface area contributed by atoms with E-state index in [-0.39, 0.29) is 17.7 Å². The van der Waals surface area contributed by atoms with Gasteiger partial charge < -0.3 is 16.0 Å². The van der Waals surface area contributed by atoms with Crippen LogP contribution in [0.5, 0.6) is 0 Å². The standard InChI is InChI=1S/C17H24ClN3O2/c18-15-7-5-13(6-8-15)17(23)21-11-3-4-14(12-21)16(22)20-10-2-1-9-19/h5-8,14H,1-4,9-12,19H2,(H,20,22). The molecule has 0 bridgehead atoms. The zero-order chi connectivity index (χ0) is 16.7. The minimum Gasteiger partial charge on any atom is -0.356 e. The van der Waals surface area contributed by atoms with Crippen molar-refractivity contribution in [1.29, 1.82) is 0 Å². The first-order chi connectivity index (χ1) is 11.1. The van der Waals surface area contributed by atoms with Gasteiger partial charge in [-0.2, -0.15) is 0 Å². The Morgan fingerprint density at radius 2 is 2.00 bits per heavy atom. The van der Waals surface area contributed by atoms with Crippen molar-refractivity contribution in [3.63, 3.8) is 0 Å². The SMILES string of the molecule is NCCCCNC(=O)C1CCCN(C(=O)c2ccc(Cl)cc2)C1. The van der Waals surface area contributed by atoms with E-state index in [9.17, 15) is 9.59 Å². The molecular weight excluding hydrogens is 314 g/mol. The van der Waals surface area contributed by atoms with Crippen molar-refractivity contribution in [3.05, 3.63) is 34.9 Å². The van der Waals surface area contributed by atoms with Gasteiger partial charge in [0.05, 0.1) is 5.92 Å². The van der Waals surface area contributed by atoms with Gasteiger partial charge in [0, 0.05) is 30.2 Å². The van der Waals surface area contributed by atoms with Crippen molar-refractivity contribution < 1.29 is 9.59 Å². The van der Waals surface area contributed by atoms with E-state index in [0.717, 1.165) is 25.7 Å². The first-order valence-corrected chi connectivity index (χ1v) is 8.52. The summed E-state index contributed by atoms with van der Waals surface area (Å²) in [5, 5.41) is 3.55. The Morgan fingerprint density at radius 3 is 2.70 bits per heavy atom. The predicted molar refractivity (Wildman–Crippen MR) is 91.4 cm³/mol.